The van der Waals surface area contributed by atoms with Crippen molar-refractivity contribution in [1.29, 1.82) is 0 Å². The molecule has 1 N–H and O–H groups in total. The second-order valence-electron chi connectivity index (χ2n) is 6.06. The number of hydrogen-bond donors (Lipinski definition) is 1. The molecule has 2 aromatic carbocycles. The number of benzene rings is 2. The number of aryl methyl sites for hydroxylation is 2. The molecule has 0 saturated carbocycles. The van der Waals surface area contributed by atoms with Crippen molar-refractivity contribution in [2.45, 2.75) is 39.8 Å². The first kappa shape index (κ1) is 17.4. The van der Waals surface area contributed by atoms with Crippen LogP contribution in [-0.4, -0.2) is 14.2 Å². The van der Waals surface area contributed by atoms with Crippen LogP contribution in [-0.2, 0) is 0 Å². The third-order valence-electron chi connectivity index (χ3n) is 4.43. The van der Waals surface area contributed by atoms with Crippen LogP contribution in [0.3, 0.4) is 0 Å². The molecule has 2 aromatic rings. The Morgan fingerprint density at radius 1 is 0.826 bits per heavy atom. The Hall–Kier alpha value is -2.00. The molecule has 0 amide bonds. The maximum Gasteiger partial charge on any atom is 0.123 e. The lowest BCUT2D eigenvalue weighted by Gasteiger charge is -2.23. The monoisotopic (exact) mass is 313 g/mol. The zero-order valence-electron chi connectivity index (χ0n) is 14.9. The first-order valence-electron chi connectivity index (χ1n) is 8.01. The van der Waals surface area contributed by atoms with Crippen LogP contribution in [0.1, 0.15) is 48.2 Å². The van der Waals surface area contributed by atoms with E-state index >= 15 is 0 Å². The van der Waals surface area contributed by atoms with E-state index in [1.165, 1.54) is 16.7 Å². The molecule has 2 unspecified atom stereocenters. The van der Waals surface area contributed by atoms with Crippen LogP contribution in [0.4, 0.5) is 0 Å². The highest BCUT2D eigenvalue weighted by Gasteiger charge is 2.16. The maximum atomic E-state index is 5.49. The molecule has 0 bridgehead atoms. The van der Waals surface area contributed by atoms with Gasteiger partial charge in [0.2, 0.25) is 0 Å². The van der Waals surface area contributed by atoms with E-state index in [2.05, 4.69) is 51.2 Å². The zero-order valence-corrected chi connectivity index (χ0v) is 14.9. The van der Waals surface area contributed by atoms with Gasteiger partial charge in [0.25, 0.3) is 0 Å². The van der Waals surface area contributed by atoms with Gasteiger partial charge < -0.3 is 14.8 Å². The van der Waals surface area contributed by atoms with Crippen molar-refractivity contribution in [3.8, 4) is 11.5 Å². The second-order valence-corrected chi connectivity index (χ2v) is 6.06. The third-order valence-corrected chi connectivity index (χ3v) is 4.43. The molecule has 0 heterocycles. The summed E-state index contributed by atoms with van der Waals surface area (Å²) >= 11 is 0. The summed E-state index contributed by atoms with van der Waals surface area (Å²) < 4.78 is 10.8. The van der Waals surface area contributed by atoms with E-state index in [0.29, 0.717) is 0 Å². The van der Waals surface area contributed by atoms with E-state index < -0.39 is 0 Å². The van der Waals surface area contributed by atoms with Crippen molar-refractivity contribution in [2.75, 3.05) is 14.2 Å². The Labute approximate surface area is 139 Å². The van der Waals surface area contributed by atoms with Crippen molar-refractivity contribution in [1.82, 2.24) is 5.32 Å². The van der Waals surface area contributed by atoms with Gasteiger partial charge in [-0.2, -0.15) is 0 Å². The fraction of sp³-hybridized carbons (Fsp3) is 0.400. The van der Waals surface area contributed by atoms with Crippen molar-refractivity contribution in [2.24, 2.45) is 0 Å². The number of methoxy groups -OCH3 is 2. The average molecular weight is 313 g/mol. The molecule has 2 atom stereocenters. The molecule has 2 rings (SSSR count). The van der Waals surface area contributed by atoms with Crippen LogP contribution in [0.2, 0.25) is 0 Å². The molecular formula is C20H27NO2. The lowest BCUT2D eigenvalue weighted by molar-refractivity contribution is 0.387. The van der Waals surface area contributed by atoms with Crippen LogP contribution in [0, 0.1) is 13.8 Å². The molecule has 124 valence electrons. The van der Waals surface area contributed by atoms with Gasteiger partial charge in [-0.1, -0.05) is 18.2 Å². The molecule has 23 heavy (non-hydrogen) atoms. The molecule has 0 aliphatic carbocycles. The molecule has 3 heteroatoms. The van der Waals surface area contributed by atoms with Gasteiger partial charge in [0.05, 0.1) is 14.2 Å². The van der Waals surface area contributed by atoms with Crippen LogP contribution in [0.25, 0.3) is 0 Å². The van der Waals surface area contributed by atoms with E-state index in [9.17, 15) is 0 Å². The Balaban J connectivity index is 2.20. The first-order chi connectivity index (χ1) is 11.0. The van der Waals surface area contributed by atoms with Crippen molar-refractivity contribution >= 4 is 0 Å². The number of nitrogens with one attached hydrogen (secondary N) is 1. The lowest BCUT2D eigenvalue weighted by atomic mass is 10.00. The van der Waals surface area contributed by atoms with Crippen LogP contribution >= 0.6 is 0 Å². The zero-order chi connectivity index (χ0) is 17.0. The van der Waals surface area contributed by atoms with Gasteiger partial charge in [0, 0.05) is 17.6 Å². The van der Waals surface area contributed by atoms with Crippen LogP contribution < -0.4 is 14.8 Å². The van der Waals surface area contributed by atoms with E-state index in [-0.39, 0.29) is 12.1 Å². The van der Waals surface area contributed by atoms with Crippen molar-refractivity contribution in [3.63, 3.8) is 0 Å². The molecule has 0 fully saturated rings. The van der Waals surface area contributed by atoms with Crippen LogP contribution in [0.5, 0.6) is 11.5 Å². The first-order valence-corrected chi connectivity index (χ1v) is 8.01. The number of rotatable bonds is 6. The third kappa shape index (κ3) is 4.05. The van der Waals surface area contributed by atoms with Crippen molar-refractivity contribution in [3.05, 3.63) is 58.7 Å². The summed E-state index contributed by atoms with van der Waals surface area (Å²) in [4.78, 5) is 0. The summed E-state index contributed by atoms with van der Waals surface area (Å²) in [5.74, 6) is 1.71. The minimum atomic E-state index is 0.150. The van der Waals surface area contributed by atoms with E-state index in [1.54, 1.807) is 14.2 Å². The molecule has 0 saturated heterocycles. The topological polar surface area (TPSA) is 30.5 Å². The normalized spacial score (nSPS) is 13.5. The van der Waals surface area contributed by atoms with Crippen molar-refractivity contribution < 1.29 is 9.47 Å². The van der Waals surface area contributed by atoms with Gasteiger partial charge in [0.1, 0.15) is 11.5 Å². The Morgan fingerprint density at radius 2 is 1.57 bits per heavy atom. The second kappa shape index (κ2) is 7.51. The number of hydrogen-bond acceptors (Lipinski definition) is 3. The standard InChI is InChI=1S/C20H27NO2/c1-13-7-8-17(11-14(13)2)15(3)21-16(4)19-12-18(22-5)9-10-20(19)23-6/h7-12,15-16,21H,1-6H3. The predicted octanol–water partition coefficient (Wildman–Crippen LogP) is 4.73. The fourth-order valence-electron chi connectivity index (χ4n) is 2.77. The highest BCUT2D eigenvalue weighted by Crippen LogP contribution is 2.31. The minimum absolute atomic E-state index is 0.150. The van der Waals surface area contributed by atoms with E-state index in [1.807, 2.05) is 18.2 Å². The summed E-state index contributed by atoms with van der Waals surface area (Å²) in [7, 11) is 3.38. The minimum Gasteiger partial charge on any atom is -0.497 e. The smallest absolute Gasteiger partial charge is 0.123 e. The molecule has 0 spiro atoms. The molecule has 0 aliphatic heterocycles. The predicted molar refractivity (Wildman–Crippen MR) is 95.4 cm³/mol. The van der Waals surface area contributed by atoms with E-state index in [0.717, 1.165) is 17.1 Å². The van der Waals surface area contributed by atoms with Gasteiger partial charge in [0.15, 0.2) is 0 Å². The molecule has 0 aliphatic rings. The van der Waals surface area contributed by atoms with Gasteiger partial charge in [-0.25, -0.2) is 0 Å². The van der Waals surface area contributed by atoms with Crippen LogP contribution in [0.15, 0.2) is 36.4 Å². The molecule has 0 aromatic heterocycles. The van der Waals surface area contributed by atoms with Gasteiger partial charge in [-0.15, -0.1) is 0 Å². The highest BCUT2D eigenvalue weighted by atomic mass is 16.5. The molecule has 3 nitrogen and oxygen atoms in total. The Bertz CT molecular complexity index is 667. The van der Waals surface area contributed by atoms with Gasteiger partial charge >= 0.3 is 0 Å². The molecule has 0 radical (unpaired) electrons. The van der Waals surface area contributed by atoms with Gasteiger partial charge in [-0.3, -0.25) is 0 Å². The highest BCUT2D eigenvalue weighted by molar-refractivity contribution is 5.42. The summed E-state index contributed by atoms with van der Waals surface area (Å²) in [6.07, 6.45) is 0. The van der Waals surface area contributed by atoms with Gasteiger partial charge in [-0.05, 0) is 62.6 Å². The average Bonchev–Trinajstić information content (AvgIpc) is 2.56. The summed E-state index contributed by atoms with van der Waals surface area (Å²) in [6, 6.07) is 12.9. The summed E-state index contributed by atoms with van der Waals surface area (Å²) in [5.41, 5.74) is 5.04. The Morgan fingerprint density at radius 3 is 2.17 bits per heavy atom. The van der Waals surface area contributed by atoms with E-state index in [4.69, 9.17) is 9.47 Å². The number of ether oxygens (including phenoxy) is 2. The quantitative estimate of drug-likeness (QED) is 0.836. The largest absolute Gasteiger partial charge is 0.497 e. The lowest BCUT2D eigenvalue weighted by Crippen LogP contribution is -2.23. The SMILES string of the molecule is COc1ccc(OC)c(C(C)NC(C)c2ccc(C)c(C)c2)c1. The summed E-state index contributed by atoms with van der Waals surface area (Å²) in [5, 5.41) is 3.65. The fourth-order valence-corrected chi connectivity index (χ4v) is 2.77. The molecular weight excluding hydrogens is 286 g/mol. The Kier molecular flexibility index (Phi) is 5.67. The summed E-state index contributed by atoms with van der Waals surface area (Å²) in [6.45, 7) is 8.63. The maximum absolute atomic E-state index is 5.49.